The zero-order valence-electron chi connectivity index (χ0n) is 22.8. The lowest BCUT2D eigenvalue weighted by Gasteiger charge is -2.26. The van der Waals surface area contributed by atoms with Crippen LogP contribution in [0.4, 0.5) is 4.39 Å². The molecule has 200 valence electrons. The predicted octanol–water partition coefficient (Wildman–Crippen LogP) is 6.99. The summed E-state index contributed by atoms with van der Waals surface area (Å²) in [6.45, 7) is 8.68. The Morgan fingerprint density at radius 1 is 1.13 bits per heavy atom. The first-order chi connectivity index (χ1) is 18.8. The largest absolute Gasteiger partial charge is 0.353 e. The molecule has 1 aliphatic rings. The molecule has 2 aromatic carbocycles. The van der Waals surface area contributed by atoms with E-state index in [2.05, 4.69) is 58.6 Å². The summed E-state index contributed by atoms with van der Waals surface area (Å²) >= 11 is 1.69. The van der Waals surface area contributed by atoms with E-state index < -0.39 is 0 Å². The van der Waals surface area contributed by atoms with Crippen LogP contribution in [0, 0.1) is 25.6 Å². The number of halogens is 1. The number of aryl methyl sites for hydroxylation is 2. The molecule has 1 N–H and O–H groups in total. The van der Waals surface area contributed by atoms with Crippen LogP contribution in [0.2, 0.25) is 0 Å². The highest BCUT2D eigenvalue weighted by atomic mass is 32.1. The van der Waals surface area contributed by atoms with E-state index in [1.54, 1.807) is 23.5 Å². The summed E-state index contributed by atoms with van der Waals surface area (Å²) in [7, 11) is 0. The SMILES string of the molecule is Cc1ccc(C)n1-c1ncc(-c2ccc3c(c2)c2c(n3Cc3cccc(F)c3)CCC(NC(=O)C(C)C)C2)s1. The molecule has 0 aliphatic heterocycles. The van der Waals surface area contributed by atoms with E-state index in [0.717, 1.165) is 45.9 Å². The van der Waals surface area contributed by atoms with E-state index in [0.29, 0.717) is 6.54 Å². The van der Waals surface area contributed by atoms with Gasteiger partial charge in [0.1, 0.15) is 5.82 Å². The number of benzene rings is 2. The fourth-order valence-corrected chi connectivity index (χ4v) is 6.80. The van der Waals surface area contributed by atoms with Crippen molar-refractivity contribution < 1.29 is 9.18 Å². The molecule has 3 aromatic heterocycles. The number of amides is 1. The van der Waals surface area contributed by atoms with Crippen molar-refractivity contribution in [2.24, 2.45) is 5.92 Å². The topological polar surface area (TPSA) is 51.9 Å². The number of nitrogens with one attached hydrogen (secondary N) is 1. The van der Waals surface area contributed by atoms with E-state index in [1.807, 2.05) is 26.1 Å². The van der Waals surface area contributed by atoms with Gasteiger partial charge in [-0.25, -0.2) is 9.37 Å². The number of hydrogen-bond acceptors (Lipinski definition) is 3. The molecule has 1 atom stereocenters. The molecule has 5 nitrogen and oxygen atoms in total. The maximum absolute atomic E-state index is 14.0. The molecule has 0 spiro atoms. The maximum atomic E-state index is 14.0. The lowest BCUT2D eigenvalue weighted by atomic mass is 9.90. The van der Waals surface area contributed by atoms with Crippen LogP contribution in [0.25, 0.3) is 26.5 Å². The van der Waals surface area contributed by atoms with Gasteiger partial charge < -0.3 is 9.88 Å². The Morgan fingerprint density at radius 2 is 1.92 bits per heavy atom. The summed E-state index contributed by atoms with van der Waals surface area (Å²) < 4.78 is 18.6. The molecule has 39 heavy (non-hydrogen) atoms. The van der Waals surface area contributed by atoms with Gasteiger partial charge in [0.25, 0.3) is 0 Å². The molecule has 1 unspecified atom stereocenters. The molecular weight excluding hydrogens is 507 g/mol. The minimum Gasteiger partial charge on any atom is -0.353 e. The molecule has 3 heterocycles. The molecule has 0 radical (unpaired) electrons. The van der Waals surface area contributed by atoms with Gasteiger partial charge in [0.2, 0.25) is 5.91 Å². The highest BCUT2D eigenvalue weighted by molar-refractivity contribution is 7.17. The van der Waals surface area contributed by atoms with Crippen LogP contribution in [-0.2, 0) is 24.2 Å². The van der Waals surface area contributed by atoms with Gasteiger partial charge in [0.15, 0.2) is 5.13 Å². The third-order valence-corrected chi connectivity index (χ3v) is 8.84. The first-order valence-corrected chi connectivity index (χ1v) is 14.4. The van der Waals surface area contributed by atoms with Crippen LogP contribution in [0.15, 0.2) is 60.8 Å². The number of rotatable bonds is 6. The third kappa shape index (κ3) is 4.80. The number of carbonyl (C=O) groups excluding carboxylic acids is 1. The van der Waals surface area contributed by atoms with Crippen molar-refractivity contribution in [1.29, 1.82) is 0 Å². The third-order valence-electron chi connectivity index (χ3n) is 7.81. The lowest BCUT2D eigenvalue weighted by molar-refractivity contribution is -0.124. The number of fused-ring (bicyclic) bond motifs is 3. The molecule has 1 amide bonds. The van der Waals surface area contributed by atoms with Gasteiger partial charge in [-0.05, 0) is 86.2 Å². The van der Waals surface area contributed by atoms with E-state index >= 15 is 0 Å². The summed E-state index contributed by atoms with van der Waals surface area (Å²) in [5.41, 5.74) is 8.12. The Balaban J connectivity index is 1.42. The standard InChI is InChI=1S/C32H33FN4OS/c1-19(2)31(38)35-25-11-13-29-27(16-25)26-15-23(30-17-34-32(39-30)37-20(3)8-9-21(37)4)10-12-28(26)36(29)18-22-6-5-7-24(33)14-22/h5-10,12,14-15,17,19,25H,11,13,16,18H2,1-4H3,(H,35,38). The van der Waals surface area contributed by atoms with Crippen molar-refractivity contribution in [2.45, 2.75) is 59.5 Å². The zero-order chi connectivity index (χ0) is 27.3. The second kappa shape index (κ2) is 10.1. The van der Waals surface area contributed by atoms with E-state index in [1.165, 1.54) is 34.1 Å². The minimum absolute atomic E-state index is 0.0413. The van der Waals surface area contributed by atoms with Crippen molar-refractivity contribution in [1.82, 2.24) is 19.4 Å². The molecule has 0 saturated carbocycles. The fraction of sp³-hybridized carbons (Fsp3) is 0.312. The van der Waals surface area contributed by atoms with E-state index in [-0.39, 0.29) is 23.7 Å². The molecule has 0 bridgehead atoms. The first kappa shape index (κ1) is 25.6. The summed E-state index contributed by atoms with van der Waals surface area (Å²) in [6.07, 6.45) is 4.52. The highest BCUT2D eigenvalue weighted by Crippen LogP contribution is 2.37. The van der Waals surface area contributed by atoms with Crippen LogP contribution >= 0.6 is 11.3 Å². The molecule has 7 heteroatoms. The monoisotopic (exact) mass is 540 g/mol. The molecule has 6 rings (SSSR count). The van der Waals surface area contributed by atoms with Crippen molar-refractivity contribution in [3.8, 4) is 15.6 Å². The van der Waals surface area contributed by atoms with Crippen LogP contribution in [0.3, 0.4) is 0 Å². The van der Waals surface area contributed by atoms with Gasteiger partial charge in [-0.2, -0.15) is 0 Å². The normalized spacial score (nSPS) is 15.2. The summed E-state index contributed by atoms with van der Waals surface area (Å²) in [4.78, 5) is 18.4. The van der Waals surface area contributed by atoms with Crippen molar-refractivity contribution in [3.05, 3.63) is 94.8 Å². The van der Waals surface area contributed by atoms with Gasteiger partial charge in [-0.15, -0.1) is 0 Å². The average Bonchev–Trinajstić information content (AvgIpc) is 3.60. The quantitative estimate of drug-likeness (QED) is 0.252. The van der Waals surface area contributed by atoms with Gasteiger partial charge in [-0.3, -0.25) is 9.36 Å². The summed E-state index contributed by atoms with van der Waals surface area (Å²) in [5.74, 6) is -0.161. The molecule has 5 aromatic rings. The van der Waals surface area contributed by atoms with Gasteiger partial charge in [-0.1, -0.05) is 43.4 Å². The van der Waals surface area contributed by atoms with E-state index in [4.69, 9.17) is 4.98 Å². The van der Waals surface area contributed by atoms with E-state index in [9.17, 15) is 9.18 Å². The Kier molecular flexibility index (Phi) is 6.63. The van der Waals surface area contributed by atoms with Gasteiger partial charge >= 0.3 is 0 Å². The molecule has 1 aliphatic carbocycles. The maximum Gasteiger partial charge on any atom is 0.222 e. The molecule has 0 fully saturated rings. The molecule has 0 saturated heterocycles. The number of nitrogens with zero attached hydrogens (tertiary/aromatic N) is 3. The van der Waals surface area contributed by atoms with Crippen LogP contribution in [-0.4, -0.2) is 26.1 Å². The van der Waals surface area contributed by atoms with Crippen LogP contribution in [0.5, 0.6) is 0 Å². The second-order valence-corrected chi connectivity index (χ2v) is 11.9. The number of hydrogen-bond donors (Lipinski definition) is 1. The van der Waals surface area contributed by atoms with Crippen molar-refractivity contribution in [3.63, 3.8) is 0 Å². The Hall–Kier alpha value is -3.71. The van der Waals surface area contributed by atoms with Crippen molar-refractivity contribution >= 4 is 28.1 Å². The van der Waals surface area contributed by atoms with Crippen LogP contribution < -0.4 is 5.32 Å². The first-order valence-electron chi connectivity index (χ1n) is 13.6. The lowest BCUT2D eigenvalue weighted by Crippen LogP contribution is -2.41. The van der Waals surface area contributed by atoms with Gasteiger partial charge in [0, 0.05) is 52.7 Å². The van der Waals surface area contributed by atoms with Crippen molar-refractivity contribution in [2.75, 3.05) is 0 Å². The minimum atomic E-state index is -0.217. The number of aromatic nitrogens is 3. The Morgan fingerprint density at radius 3 is 2.67 bits per heavy atom. The summed E-state index contributed by atoms with van der Waals surface area (Å²) in [5, 5.41) is 5.42. The molecular formula is C32H33FN4OS. The smallest absolute Gasteiger partial charge is 0.222 e. The number of thiazole rings is 1. The fourth-order valence-electron chi connectivity index (χ4n) is 5.76. The zero-order valence-corrected chi connectivity index (χ0v) is 23.6. The Bertz CT molecular complexity index is 1670. The predicted molar refractivity (Wildman–Crippen MR) is 156 cm³/mol. The average molecular weight is 541 g/mol. The highest BCUT2D eigenvalue weighted by Gasteiger charge is 2.27. The Labute approximate surface area is 232 Å². The van der Waals surface area contributed by atoms with Crippen LogP contribution in [0.1, 0.15) is 48.5 Å². The van der Waals surface area contributed by atoms with Gasteiger partial charge in [0.05, 0.1) is 4.88 Å². The second-order valence-electron chi connectivity index (χ2n) is 10.9. The number of carbonyl (C=O) groups is 1. The summed E-state index contributed by atoms with van der Waals surface area (Å²) in [6, 6.07) is 17.8.